The third-order valence-electron chi connectivity index (χ3n) is 6.00. The predicted octanol–water partition coefficient (Wildman–Crippen LogP) is 1.30. The van der Waals surface area contributed by atoms with Crippen molar-refractivity contribution in [1.29, 1.82) is 0 Å². The van der Waals surface area contributed by atoms with Gasteiger partial charge in [0.2, 0.25) is 0 Å². The van der Waals surface area contributed by atoms with Gasteiger partial charge in [0.25, 0.3) is 5.78 Å². The van der Waals surface area contributed by atoms with Crippen LogP contribution in [0.4, 0.5) is 5.82 Å². The molecule has 0 aromatic carbocycles. The first-order valence-electron chi connectivity index (χ1n) is 9.68. The van der Waals surface area contributed by atoms with Gasteiger partial charge in [0, 0.05) is 37.8 Å². The summed E-state index contributed by atoms with van der Waals surface area (Å²) in [7, 11) is 0. The van der Waals surface area contributed by atoms with Crippen LogP contribution in [0.15, 0.2) is 6.33 Å². The molecular weight excluding hydrogens is 316 g/mol. The highest BCUT2D eigenvalue weighted by molar-refractivity contribution is 5.55. The van der Waals surface area contributed by atoms with E-state index in [0.717, 1.165) is 58.0 Å². The van der Waals surface area contributed by atoms with Gasteiger partial charge in [-0.25, -0.2) is 4.98 Å². The third-order valence-corrected chi connectivity index (χ3v) is 6.00. The highest BCUT2D eigenvalue weighted by Gasteiger charge is 2.29. The minimum Gasteiger partial charge on any atom is -0.379 e. The average Bonchev–Trinajstić information content (AvgIpc) is 3.15. The minimum absolute atomic E-state index is 0.698. The average molecular weight is 342 g/mol. The number of nitrogens with zero attached hydrogens (tertiary/aromatic N) is 6. The Balaban J connectivity index is 1.41. The molecular formula is C18H26N6O. The summed E-state index contributed by atoms with van der Waals surface area (Å²) >= 11 is 0. The first-order chi connectivity index (χ1) is 12.4. The SMILES string of the molecule is c1nc2nc3c(c(N4CCC(N5CCOCC5)CC4)n2n1)CCCC3. The summed E-state index contributed by atoms with van der Waals surface area (Å²) < 4.78 is 7.48. The highest BCUT2D eigenvalue weighted by atomic mass is 16.5. The molecule has 0 radical (unpaired) electrons. The van der Waals surface area contributed by atoms with E-state index in [0.29, 0.717) is 6.04 Å². The molecule has 2 aromatic heterocycles. The molecule has 134 valence electrons. The van der Waals surface area contributed by atoms with Gasteiger partial charge in [0.15, 0.2) is 0 Å². The molecule has 0 spiro atoms. The quantitative estimate of drug-likeness (QED) is 0.820. The molecule has 2 aromatic rings. The Hall–Kier alpha value is -1.73. The van der Waals surface area contributed by atoms with Crippen LogP contribution in [0.1, 0.15) is 36.9 Å². The number of aryl methyl sites for hydroxylation is 1. The van der Waals surface area contributed by atoms with Crippen LogP contribution in [0.3, 0.4) is 0 Å². The van der Waals surface area contributed by atoms with Gasteiger partial charge < -0.3 is 9.64 Å². The fourth-order valence-corrected chi connectivity index (χ4v) is 4.67. The van der Waals surface area contributed by atoms with Crippen LogP contribution in [-0.2, 0) is 17.6 Å². The zero-order chi connectivity index (χ0) is 16.6. The molecule has 25 heavy (non-hydrogen) atoms. The molecule has 7 heteroatoms. The maximum atomic E-state index is 5.50. The van der Waals surface area contributed by atoms with Crippen molar-refractivity contribution in [3.05, 3.63) is 17.6 Å². The van der Waals surface area contributed by atoms with Crippen molar-refractivity contribution in [3.8, 4) is 0 Å². The van der Waals surface area contributed by atoms with E-state index in [1.807, 2.05) is 4.52 Å². The fraction of sp³-hybridized carbons (Fsp3) is 0.722. The van der Waals surface area contributed by atoms with Gasteiger partial charge in [-0.3, -0.25) is 4.90 Å². The van der Waals surface area contributed by atoms with E-state index in [4.69, 9.17) is 9.72 Å². The summed E-state index contributed by atoms with van der Waals surface area (Å²) in [5.74, 6) is 2.02. The van der Waals surface area contributed by atoms with Crippen LogP contribution in [0.5, 0.6) is 0 Å². The van der Waals surface area contributed by atoms with Crippen molar-refractivity contribution in [2.75, 3.05) is 44.3 Å². The summed E-state index contributed by atoms with van der Waals surface area (Å²) in [5, 5.41) is 4.49. The lowest BCUT2D eigenvalue weighted by atomic mass is 9.95. The van der Waals surface area contributed by atoms with Crippen LogP contribution in [0.2, 0.25) is 0 Å². The molecule has 0 atom stereocenters. The van der Waals surface area contributed by atoms with Gasteiger partial charge in [-0.1, -0.05) is 0 Å². The van der Waals surface area contributed by atoms with Crippen molar-refractivity contribution in [2.45, 2.75) is 44.6 Å². The fourth-order valence-electron chi connectivity index (χ4n) is 4.67. The number of morpholine rings is 1. The maximum Gasteiger partial charge on any atom is 0.254 e. The summed E-state index contributed by atoms with van der Waals surface area (Å²) in [5.41, 5.74) is 2.66. The van der Waals surface area contributed by atoms with E-state index in [-0.39, 0.29) is 0 Å². The Kier molecular flexibility index (Phi) is 4.06. The summed E-state index contributed by atoms with van der Waals surface area (Å²) in [4.78, 5) is 14.3. The molecule has 1 aliphatic carbocycles. The maximum absolute atomic E-state index is 5.50. The molecule has 0 unspecified atom stereocenters. The standard InChI is InChI=1S/C18H26N6O/c1-2-4-16-15(3-1)17(24-18(21-16)19-13-20-24)23-7-5-14(6-8-23)22-9-11-25-12-10-22/h13-14H,1-12H2. The predicted molar refractivity (Wildman–Crippen MR) is 95.1 cm³/mol. The van der Waals surface area contributed by atoms with E-state index >= 15 is 0 Å². The summed E-state index contributed by atoms with van der Waals surface area (Å²) in [6, 6.07) is 0.698. The van der Waals surface area contributed by atoms with Crippen LogP contribution >= 0.6 is 0 Å². The van der Waals surface area contributed by atoms with E-state index in [2.05, 4.69) is 19.9 Å². The van der Waals surface area contributed by atoms with Crippen molar-refractivity contribution >= 4 is 11.6 Å². The lowest BCUT2D eigenvalue weighted by Gasteiger charge is -2.41. The molecule has 0 saturated carbocycles. The number of aromatic nitrogens is 4. The first kappa shape index (κ1) is 15.5. The second-order valence-electron chi connectivity index (χ2n) is 7.41. The largest absolute Gasteiger partial charge is 0.379 e. The van der Waals surface area contributed by atoms with Crippen LogP contribution in [-0.4, -0.2) is 69.9 Å². The van der Waals surface area contributed by atoms with Gasteiger partial charge in [-0.2, -0.15) is 14.6 Å². The van der Waals surface area contributed by atoms with Crippen LogP contribution < -0.4 is 4.90 Å². The van der Waals surface area contributed by atoms with Gasteiger partial charge in [0.05, 0.1) is 18.9 Å². The first-order valence-corrected chi connectivity index (χ1v) is 9.68. The van der Waals surface area contributed by atoms with Crippen molar-refractivity contribution in [1.82, 2.24) is 24.5 Å². The second-order valence-corrected chi connectivity index (χ2v) is 7.41. The summed E-state index contributed by atoms with van der Waals surface area (Å²) in [6.07, 6.45) is 8.76. The van der Waals surface area contributed by atoms with Gasteiger partial charge in [-0.15, -0.1) is 0 Å². The zero-order valence-corrected chi connectivity index (χ0v) is 14.7. The minimum atomic E-state index is 0.698. The Morgan fingerprint density at radius 3 is 2.64 bits per heavy atom. The Morgan fingerprint density at radius 2 is 1.80 bits per heavy atom. The molecule has 4 heterocycles. The van der Waals surface area contributed by atoms with Crippen LogP contribution in [0, 0.1) is 0 Å². The smallest absolute Gasteiger partial charge is 0.254 e. The Labute approximate surface area is 148 Å². The third kappa shape index (κ3) is 2.79. The number of fused-ring (bicyclic) bond motifs is 2. The molecule has 2 fully saturated rings. The Bertz CT molecular complexity index is 745. The number of hydrogen-bond acceptors (Lipinski definition) is 6. The number of ether oxygens (including phenoxy) is 1. The molecule has 0 amide bonds. The van der Waals surface area contributed by atoms with Gasteiger partial charge in [-0.05, 0) is 38.5 Å². The van der Waals surface area contributed by atoms with E-state index < -0.39 is 0 Å². The lowest BCUT2D eigenvalue weighted by molar-refractivity contribution is 0.0114. The molecule has 7 nitrogen and oxygen atoms in total. The van der Waals surface area contributed by atoms with E-state index in [9.17, 15) is 0 Å². The second kappa shape index (κ2) is 6.53. The normalized spacial score (nSPS) is 23.1. The van der Waals surface area contributed by atoms with E-state index in [1.54, 1.807) is 6.33 Å². The molecule has 0 bridgehead atoms. The van der Waals surface area contributed by atoms with Crippen molar-refractivity contribution in [2.24, 2.45) is 0 Å². The van der Waals surface area contributed by atoms with Crippen molar-refractivity contribution in [3.63, 3.8) is 0 Å². The van der Waals surface area contributed by atoms with E-state index in [1.165, 1.54) is 42.8 Å². The van der Waals surface area contributed by atoms with Crippen molar-refractivity contribution < 1.29 is 4.74 Å². The topological polar surface area (TPSA) is 58.8 Å². The molecule has 5 rings (SSSR count). The number of anilines is 1. The monoisotopic (exact) mass is 342 g/mol. The summed E-state index contributed by atoms with van der Waals surface area (Å²) in [6.45, 7) is 6.13. The van der Waals surface area contributed by atoms with Gasteiger partial charge >= 0.3 is 0 Å². The Morgan fingerprint density at radius 1 is 1.00 bits per heavy atom. The molecule has 0 N–H and O–H groups in total. The number of hydrogen-bond donors (Lipinski definition) is 0. The van der Waals surface area contributed by atoms with Crippen LogP contribution in [0.25, 0.3) is 5.78 Å². The molecule has 2 saturated heterocycles. The lowest BCUT2D eigenvalue weighted by Crippen LogP contribution is -2.49. The molecule has 2 aliphatic heterocycles. The highest BCUT2D eigenvalue weighted by Crippen LogP contribution is 2.32. The van der Waals surface area contributed by atoms with Gasteiger partial charge in [0.1, 0.15) is 12.1 Å². The molecule has 3 aliphatic rings. The number of rotatable bonds is 2. The zero-order valence-electron chi connectivity index (χ0n) is 14.7. The number of piperidine rings is 1.